The maximum Gasteiger partial charge on any atom is 0.250 e. The van der Waals surface area contributed by atoms with Crippen molar-refractivity contribution in [3.05, 3.63) is 41.1 Å². The molecule has 0 radical (unpaired) electrons. The molecule has 2 aromatic rings. The Kier molecular flexibility index (Phi) is 5.80. The third-order valence-corrected chi connectivity index (χ3v) is 4.35. The van der Waals surface area contributed by atoms with Crippen LogP contribution in [0.1, 0.15) is 0 Å². The van der Waals surface area contributed by atoms with Crippen LogP contribution in [0.2, 0.25) is 0 Å². The minimum absolute atomic E-state index is 0.229. The van der Waals surface area contributed by atoms with Crippen molar-refractivity contribution in [3.8, 4) is 11.3 Å². The minimum atomic E-state index is -3.29. The molecule has 0 aliphatic rings. The number of carbonyl (C=O) groups excluding carboxylic acids is 1. The molecule has 2 rings (SSSR count). The van der Waals surface area contributed by atoms with Crippen molar-refractivity contribution in [2.24, 2.45) is 0 Å². The molecule has 0 spiro atoms. The van der Waals surface area contributed by atoms with E-state index in [-0.39, 0.29) is 5.91 Å². The number of nitrogens with zero attached hydrogens (tertiary/aromatic N) is 1. The average molecular weight is 369 g/mol. The van der Waals surface area contributed by atoms with Crippen molar-refractivity contribution in [3.63, 3.8) is 0 Å². The summed E-state index contributed by atoms with van der Waals surface area (Å²) in [6.07, 6.45) is 4.41. The summed E-state index contributed by atoms with van der Waals surface area (Å²) in [5.74, 6) is -0.229. The number of hydrogen-bond donors (Lipinski definition) is 2. The lowest BCUT2D eigenvalue weighted by Gasteiger charge is -2.04. The molecule has 0 aliphatic carbocycles. The zero-order valence-corrected chi connectivity index (χ0v) is 14.9. The number of amides is 1. The molecule has 1 aromatic carbocycles. The second-order valence-electron chi connectivity index (χ2n) is 4.52. The molecule has 0 atom stereocenters. The monoisotopic (exact) mass is 369 g/mol. The minimum Gasteiger partial charge on any atom is -0.298 e. The van der Waals surface area contributed by atoms with Gasteiger partial charge in [-0.05, 0) is 23.8 Å². The normalized spacial score (nSPS) is 11.6. The van der Waals surface area contributed by atoms with Gasteiger partial charge in [0, 0.05) is 22.7 Å². The van der Waals surface area contributed by atoms with Crippen molar-refractivity contribution in [2.75, 3.05) is 22.6 Å². The van der Waals surface area contributed by atoms with Crippen molar-refractivity contribution in [1.29, 1.82) is 0 Å². The number of anilines is 2. The Labute approximate surface area is 143 Å². The smallest absolute Gasteiger partial charge is 0.250 e. The van der Waals surface area contributed by atoms with Gasteiger partial charge < -0.3 is 0 Å². The molecular weight excluding hydrogens is 354 g/mol. The van der Waals surface area contributed by atoms with Gasteiger partial charge in [0.2, 0.25) is 10.0 Å². The molecule has 1 heterocycles. The van der Waals surface area contributed by atoms with E-state index in [1.807, 2.05) is 11.6 Å². The molecule has 23 heavy (non-hydrogen) atoms. The summed E-state index contributed by atoms with van der Waals surface area (Å²) in [6.45, 7) is 0. The molecule has 0 unspecified atom stereocenters. The van der Waals surface area contributed by atoms with Crippen molar-refractivity contribution < 1.29 is 13.2 Å². The fourth-order valence-electron chi connectivity index (χ4n) is 1.66. The molecule has 0 saturated heterocycles. The molecule has 9 heteroatoms. The summed E-state index contributed by atoms with van der Waals surface area (Å²) in [5, 5.41) is 6.71. The van der Waals surface area contributed by atoms with Gasteiger partial charge in [-0.25, -0.2) is 13.4 Å². The van der Waals surface area contributed by atoms with E-state index in [4.69, 9.17) is 0 Å². The number of nitrogens with one attached hydrogen (secondary N) is 2. The molecular formula is C14H15N3O3S3. The zero-order valence-electron chi connectivity index (χ0n) is 12.4. The third kappa shape index (κ3) is 5.70. The lowest BCUT2D eigenvalue weighted by Crippen LogP contribution is -2.09. The topological polar surface area (TPSA) is 88.2 Å². The average Bonchev–Trinajstić information content (AvgIpc) is 2.92. The van der Waals surface area contributed by atoms with E-state index >= 15 is 0 Å². The number of benzene rings is 1. The van der Waals surface area contributed by atoms with Crippen LogP contribution < -0.4 is 10.0 Å². The van der Waals surface area contributed by atoms with Gasteiger partial charge in [-0.1, -0.05) is 12.1 Å². The van der Waals surface area contributed by atoms with E-state index in [1.54, 1.807) is 29.7 Å². The Hall–Kier alpha value is -1.84. The first-order valence-electron chi connectivity index (χ1n) is 6.41. The molecule has 122 valence electrons. The first-order valence-corrected chi connectivity index (χ1v) is 10.5. The Morgan fingerprint density at radius 3 is 2.61 bits per heavy atom. The highest BCUT2D eigenvalue weighted by atomic mass is 32.2. The van der Waals surface area contributed by atoms with Gasteiger partial charge >= 0.3 is 0 Å². The molecule has 2 N–H and O–H groups in total. The molecule has 1 aromatic heterocycles. The fourth-order valence-corrected chi connectivity index (χ4v) is 3.21. The van der Waals surface area contributed by atoms with E-state index in [1.165, 1.54) is 29.2 Å². The predicted molar refractivity (Wildman–Crippen MR) is 97.3 cm³/mol. The zero-order chi connectivity index (χ0) is 16.9. The largest absolute Gasteiger partial charge is 0.298 e. The lowest BCUT2D eigenvalue weighted by atomic mass is 10.1. The van der Waals surface area contributed by atoms with Crippen molar-refractivity contribution >= 4 is 49.8 Å². The first kappa shape index (κ1) is 17.5. The molecule has 0 aliphatic heterocycles. The first-order chi connectivity index (χ1) is 10.9. The van der Waals surface area contributed by atoms with Gasteiger partial charge in [-0.15, -0.1) is 23.1 Å². The Bertz CT molecular complexity index is 811. The third-order valence-electron chi connectivity index (χ3n) is 2.57. The molecule has 0 fully saturated rings. The van der Waals surface area contributed by atoms with Gasteiger partial charge in [0.05, 0.1) is 11.9 Å². The Morgan fingerprint density at radius 1 is 1.30 bits per heavy atom. The number of aromatic nitrogens is 1. The summed E-state index contributed by atoms with van der Waals surface area (Å²) < 4.78 is 24.7. The van der Waals surface area contributed by atoms with E-state index in [0.717, 1.165) is 11.8 Å². The fraction of sp³-hybridized carbons (Fsp3) is 0.143. The van der Waals surface area contributed by atoms with Gasteiger partial charge in [-0.2, -0.15) is 0 Å². The van der Waals surface area contributed by atoms with Crippen LogP contribution in [0.25, 0.3) is 11.3 Å². The molecule has 1 amide bonds. The van der Waals surface area contributed by atoms with Gasteiger partial charge in [0.1, 0.15) is 0 Å². The second kappa shape index (κ2) is 7.62. The van der Waals surface area contributed by atoms with Crippen LogP contribution in [-0.4, -0.2) is 31.8 Å². The highest BCUT2D eigenvalue weighted by Gasteiger charge is 2.07. The summed E-state index contributed by atoms with van der Waals surface area (Å²) in [6, 6.07) is 6.86. The maximum absolute atomic E-state index is 11.6. The quantitative estimate of drug-likeness (QED) is 0.764. The summed E-state index contributed by atoms with van der Waals surface area (Å²) in [7, 11) is -3.29. The summed E-state index contributed by atoms with van der Waals surface area (Å²) in [4.78, 5) is 15.9. The van der Waals surface area contributed by atoms with Crippen LogP contribution in [0.4, 0.5) is 10.8 Å². The predicted octanol–water partition coefficient (Wildman–Crippen LogP) is 3.00. The second-order valence-corrected chi connectivity index (χ2v) is 7.87. The van der Waals surface area contributed by atoms with E-state index in [9.17, 15) is 13.2 Å². The van der Waals surface area contributed by atoms with Crippen LogP contribution >= 0.6 is 23.1 Å². The molecule has 0 bridgehead atoms. The summed E-state index contributed by atoms with van der Waals surface area (Å²) >= 11 is 2.77. The van der Waals surface area contributed by atoms with Crippen LogP contribution in [0.5, 0.6) is 0 Å². The van der Waals surface area contributed by atoms with Crippen LogP contribution in [0, 0.1) is 0 Å². The number of rotatable bonds is 6. The summed E-state index contributed by atoms with van der Waals surface area (Å²) in [5.41, 5.74) is 2.03. The van der Waals surface area contributed by atoms with E-state index in [2.05, 4.69) is 15.0 Å². The highest BCUT2D eigenvalue weighted by molar-refractivity contribution is 8.01. The highest BCUT2D eigenvalue weighted by Crippen LogP contribution is 2.26. The Balaban J connectivity index is 2.08. The maximum atomic E-state index is 11.6. The van der Waals surface area contributed by atoms with Crippen LogP contribution in [0.15, 0.2) is 41.1 Å². The number of carbonyl (C=O) groups is 1. The lowest BCUT2D eigenvalue weighted by molar-refractivity contribution is -0.111. The van der Waals surface area contributed by atoms with Gasteiger partial charge in [-0.3, -0.25) is 14.8 Å². The molecule has 6 nitrogen and oxygen atoms in total. The Morgan fingerprint density at radius 2 is 2.00 bits per heavy atom. The van der Waals surface area contributed by atoms with Crippen molar-refractivity contribution in [1.82, 2.24) is 4.98 Å². The standard InChI is InChI=1S/C14H15N3O3S3/c1-21-8-7-13(18)16-14-15-12(9-22-14)10-3-5-11(6-4-10)17-23(2,19)20/h3-9,17H,1-2H3,(H,15,16,18)/b8-7+. The van der Waals surface area contributed by atoms with Crippen LogP contribution in [-0.2, 0) is 14.8 Å². The SMILES string of the molecule is CS/C=C/C(=O)Nc1nc(-c2ccc(NS(C)(=O)=O)cc2)cs1. The number of thioether (sulfide) groups is 1. The van der Waals surface area contributed by atoms with Gasteiger partial charge in [0.25, 0.3) is 5.91 Å². The number of sulfonamides is 1. The van der Waals surface area contributed by atoms with Crippen molar-refractivity contribution in [2.45, 2.75) is 0 Å². The molecule has 0 saturated carbocycles. The van der Waals surface area contributed by atoms with E-state index in [0.29, 0.717) is 16.5 Å². The van der Waals surface area contributed by atoms with E-state index < -0.39 is 10.0 Å². The number of thiazole rings is 1. The number of hydrogen-bond acceptors (Lipinski definition) is 6. The van der Waals surface area contributed by atoms with Gasteiger partial charge in [0.15, 0.2) is 5.13 Å². The van der Waals surface area contributed by atoms with Crippen LogP contribution in [0.3, 0.4) is 0 Å².